The van der Waals surface area contributed by atoms with Gasteiger partial charge < -0.3 is 10.6 Å². The van der Waals surface area contributed by atoms with E-state index in [4.69, 9.17) is 0 Å². The average molecular weight is 482 g/mol. The lowest BCUT2D eigenvalue weighted by atomic mass is 10.0. The van der Waals surface area contributed by atoms with Crippen LogP contribution < -0.4 is 15.4 Å². The summed E-state index contributed by atoms with van der Waals surface area (Å²) >= 11 is 0. The minimum absolute atomic E-state index is 0.0113. The molecule has 3 rings (SSSR count). The number of amides is 2. The minimum Gasteiger partial charge on any atom is -0.340 e. The van der Waals surface area contributed by atoms with Gasteiger partial charge in [0.05, 0.1) is 4.90 Å². The number of aromatic nitrogens is 2. The molecule has 1 aromatic heterocycles. The lowest BCUT2D eigenvalue weighted by Gasteiger charge is -2.22. The summed E-state index contributed by atoms with van der Waals surface area (Å²) in [5.41, 5.74) is 1.50. The molecule has 2 amide bonds. The number of rotatable bonds is 8. The Morgan fingerprint density at radius 3 is 2.15 bits per heavy atom. The van der Waals surface area contributed by atoms with Crippen molar-refractivity contribution in [3.05, 3.63) is 77.7 Å². The second-order valence-corrected chi connectivity index (χ2v) is 9.80. The predicted molar refractivity (Wildman–Crippen MR) is 130 cm³/mol. The average Bonchev–Trinajstić information content (AvgIpc) is 2.77. The quantitative estimate of drug-likeness (QED) is 0.453. The summed E-state index contributed by atoms with van der Waals surface area (Å²) in [5.74, 6) is -0.292. The Morgan fingerprint density at radius 2 is 1.56 bits per heavy atom. The second kappa shape index (κ2) is 10.4. The molecule has 0 aliphatic rings. The number of anilines is 2. The van der Waals surface area contributed by atoms with Crippen molar-refractivity contribution in [2.75, 3.05) is 10.0 Å². The smallest absolute Gasteiger partial charge is 0.263 e. The standard InChI is InChI=1S/C24H27N5O4S/c1-15(2)22(28-23(30)18-8-6-5-7-9-18)24(31)27-19-10-12-20(13-11-19)34(32,33)29-21-14-16(3)25-17(4)26-21/h5-15,22H,1-4H3,(H,27,31)(H,28,30)(H,25,26,29)/t22-/m0/s1. The Hall–Kier alpha value is -3.79. The number of carbonyl (C=O) groups excluding carboxylic acids is 2. The maximum Gasteiger partial charge on any atom is 0.263 e. The lowest BCUT2D eigenvalue weighted by molar-refractivity contribution is -0.118. The number of hydrogen-bond donors (Lipinski definition) is 3. The van der Waals surface area contributed by atoms with Crippen LogP contribution in [-0.2, 0) is 14.8 Å². The van der Waals surface area contributed by atoms with Crippen molar-refractivity contribution in [3.63, 3.8) is 0 Å². The van der Waals surface area contributed by atoms with Gasteiger partial charge in [-0.25, -0.2) is 18.4 Å². The van der Waals surface area contributed by atoms with Gasteiger partial charge in [0, 0.05) is 23.0 Å². The summed E-state index contributed by atoms with van der Waals surface area (Å²) in [4.78, 5) is 33.6. The highest BCUT2D eigenvalue weighted by Crippen LogP contribution is 2.18. The van der Waals surface area contributed by atoms with Crippen LogP contribution in [0.25, 0.3) is 0 Å². The fourth-order valence-electron chi connectivity index (χ4n) is 3.25. The Morgan fingerprint density at radius 1 is 0.912 bits per heavy atom. The predicted octanol–water partition coefficient (Wildman–Crippen LogP) is 3.29. The molecule has 0 aliphatic heterocycles. The zero-order valence-electron chi connectivity index (χ0n) is 19.4. The molecule has 0 bridgehead atoms. The van der Waals surface area contributed by atoms with Crippen molar-refractivity contribution >= 4 is 33.3 Å². The molecule has 0 spiro atoms. The van der Waals surface area contributed by atoms with Gasteiger partial charge in [0.25, 0.3) is 15.9 Å². The van der Waals surface area contributed by atoms with Crippen molar-refractivity contribution in [3.8, 4) is 0 Å². The van der Waals surface area contributed by atoms with Crippen LogP contribution in [0.15, 0.2) is 65.6 Å². The topological polar surface area (TPSA) is 130 Å². The fraction of sp³-hybridized carbons (Fsp3) is 0.250. The number of aryl methyl sites for hydroxylation is 2. The molecule has 2 aromatic carbocycles. The molecule has 0 radical (unpaired) electrons. The molecule has 0 saturated carbocycles. The highest BCUT2D eigenvalue weighted by molar-refractivity contribution is 7.92. The van der Waals surface area contributed by atoms with Gasteiger partial charge in [0.1, 0.15) is 17.7 Å². The number of sulfonamides is 1. The first-order valence-corrected chi connectivity index (χ1v) is 12.2. The van der Waals surface area contributed by atoms with E-state index in [0.717, 1.165) is 0 Å². The third kappa shape index (κ3) is 6.38. The molecule has 3 N–H and O–H groups in total. The molecule has 1 atom stereocenters. The monoisotopic (exact) mass is 481 g/mol. The van der Waals surface area contributed by atoms with E-state index in [0.29, 0.717) is 22.8 Å². The Kier molecular flexibility index (Phi) is 7.62. The van der Waals surface area contributed by atoms with Gasteiger partial charge in [-0.2, -0.15) is 0 Å². The van der Waals surface area contributed by atoms with Crippen LogP contribution in [0.4, 0.5) is 11.5 Å². The second-order valence-electron chi connectivity index (χ2n) is 8.12. The zero-order chi connectivity index (χ0) is 24.9. The molecule has 0 aliphatic carbocycles. The van der Waals surface area contributed by atoms with Crippen LogP contribution >= 0.6 is 0 Å². The van der Waals surface area contributed by atoms with E-state index in [1.807, 2.05) is 13.8 Å². The Bertz CT molecular complexity index is 1260. The van der Waals surface area contributed by atoms with Crippen LogP contribution in [0.2, 0.25) is 0 Å². The van der Waals surface area contributed by atoms with Gasteiger partial charge in [0.15, 0.2) is 0 Å². The number of benzene rings is 2. The Balaban J connectivity index is 1.69. The van der Waals surface area contributed by atoms with Crippen molar-refractivity contribution in [1.82, 2.24) is 15.3 Å². The third-order valence-electron chi connectivity index (χ3n) is 4.91. The molecule has 0 saturated heterocycles. The molecule has 0 unspecified atom stereocenters. The molecule has 1 heterocycles. The SMILES string of the molecule is Cc1cc(NS(=O)(=O)c2ccc(NC(=O)[C@@H](NC(=O)c3ccccc3)C(C)C)cc2)nc(C)n1. The van der Waals surface area contributed by atoms with Gasteiger partial charge >= 0.3 is 0 Å². The van der Waals surface area contributed by atoms with E-state index < -0.39 is 22.0 Å². The maximum atomic E-state index is 12.8. The van der Waals surface area contributed by atoms with Crippen molar-refractivity contribution < 1.29 is 18.0 Å². The first-order chi connectivity index (χ1) is 16.0. The van der Waals surface area contributed by atoms with Crippen LogP contribution in [0.5, 0.6) is 0 Å². The number of carbonyl (C=O) groups is 2. The number of hydrogen-bond acceptors (Lipinski definition) is 6. The summed E-state index contributed by atoms with van der Waals surface area (Å²) in [5, 5.41) is 5.49. The minimum atomic E-state index is -3.88. The molecular formula is C24H27N5O4S. The van der Waals surface area contributed by atoms with Crippen molar-refractivity contribution in [2.45, 2.75) is 38.6 Å². The Labute approximate surface area is 199 Å². The van der Waals surface area contributed by atoms with Crippen LogP contribution in [0.3, 0.4) is 0 Å². The van der Waals surface area contributed by atoms with Crippen molar-refractivity contribution in [1.29, 1.82) is 0 Å². The molecule has 9 nitrogen and oxygen atoms in total. The van der Waals surface area contributed by atoms with Crippen LogP contribution in [-0.4, -0.2) is 36.2 Å². The van der Waals surface area contributed by atoms with Crippen LogP contribution in [0, 0.1) is 19.8 Å². The van der Waals surface area contributed by atoms with Gasteiger partial charge in [-0.3, -0.25) is 14.3 Å². The highest BCUT2D eigenvalue weighted by atomic mass is 32.2. The first kappa shape index (κ1) is 24.8. The molecule has 178 valence electrons. The van der Waals surface area contributed by atoms with E-state index in [1.54, 1.807) is 44.2 Å². The van der Waals surface area contributed by atoms with Gasteiger partial charge in [-0.15, -0.1) is 0 Å². The molecule has 0 fully saturated rings. The lowest BCUT2D eigenvalue weighted by Crippen LogP contribution is -2.47. The largest absolute Gasteiger partial charge is 0.340 e. The van der Waals surface area contributed by atoms with E-state index in [-0.39, 0.29) is 22.5 Å². The van der Waals surface area contributed by atoms with Gasteiger partial charge in [-0.1, -0.05) is 32.0 Å². The summed E-state index contributed by atoms with van der Waals surface area (Å²) in [7, 11) is -3.88. The van der Waals surface area contributed by atoms with E-state index in [2.05, 4.69) is 25.3 Å². The summed E-state index contributed by atoms with van der Waals surface area (Å²) in [6.07, 6.45) is 0. The van der Waals surface area contributed by atoms with Gasteiger partial charge in [0.2, 0.25) is 5.91 Å². The highest BCUT2D eigenvalue weighted by Gasteiger charge is 2.25. The third-order valence-corrected chi connectivity index (χ3v) is 6.28. The first-order valence-electron chi connectivity index (χ1n) is 10.7. The molecule has 10 heteroatoms. The summed E-state index contributed by atoms with van der Waals surface area (Å²) in [6.45, 7) is 7.08. The fourth-order valence-corrected chi connectivity index (χ4v) is 4.24. The molecule has 3 aromatic rings. The van der Waals surface area contributed by atoms with Crippen LogP contribution in [0.1, 0.15) is 35.7 Å². The van der Waals surface area contributed by atoms with Gasteiger partial charge in [-0.05, 0) is 56.2 Å². The van der Waals surface area contributed by atoms with E-state index in [9.17, 15) is 18.0 Å². The molecular weight excluding hydrogens is 454 g/mol. The summed E-state index contributed by atoms with van der Waals surface area (Å²) in [6, 6.07) is 15.1. The number of nitrogens with zero attached hydrogens (tertiary/aromatic N) is 2. The maximum absolute atomic E-state index is 12.8. The van der Waals surface area contributed by atoms with E-state index >= 15 is 0 Å². The number of nitrogens with one attached hydrogen (secondary N) is 3. The zero-order valence-corrected chi connectivity index (χ0v) is 20.2. The van der Waals surface area contributed by atoms with Crippen molar-refractivity contribution in [2.24, 2.45) is 5.92 Å². The molecule has 34 heavy (non-hydrogen) atoms. The summed E-state index contributed by atoms with van der Waals surface area (Å²) < 4.78 is 27.8. The van der Waals surface area contributed by atoms with E-state index in [1.165, 1.54) is 30.3 Å². The normalized spacial score (nSPS) is 12.1.